The number of nitro benzene ring substituents is 1. The van der Waals surface area contributed by atoms with Crippen LogP contribution in [0.4, 0.5) is 28.4 Å². The quantitative estimate of drug-likeness (QED) is 0.198. The molecule has 0 unspecified atom stereocenters. The molecule has 0 aliphatic heterocycles. The van der Waals surface area contributed by atoms with Gasteiger partial charge in [0.2, 0.25) is 0 Å². The minimum atomic E-state index is -0.487. The maximum absolute atomic E-state index is 11.1. The summed E-state index contributed by atoms with van der Waals surface area (Å²) in [5.74, 6) is 0. The Morgan fingerprint density at radius 2 is 1.37 bits per heavy atom. The summed E-state index contributed by atoms with van der Waals surface area (Å²) in [6.07, 6.45) is 1.99. The van der Waals surface area contributed by atoms with Crippen molar-refractivity contribution in [2.75, 3.05) is 6.26 Å². The third kappa shape index (κ3) is 4.83. The zero-order valence-electron chi connectivity index (χ0n) is 14.4. The van der Waals surface area contributed by atoms with Crippen LogP contribution in [0.5, 0.6) is 0 Å². The molecule has 0 radical (unpaired) electrons. The number of nitrogens with zero attached hydrogens (tertiary/aromatic N) is 5. The van der Waals surface area contributed by atoms with Crippen molar-refractivity contribution in [3.05, 3.63) is 82.9 Å². The lowest BCUT2D eigenvalue weighted by atomic mass is 10.3. The molecule has 27 heavy (non-hydrogen) atoms. The number of benzene rings is 3. The molecule has 0 saturated heterocycles. The Kier molecular flexibility index (Phi) is 6.01. The first-order valence-corrected chi connectivity index (χ1v) is 9.20. The second-order valence-corrected chi connectivity index (χ2v) is 6.22. The minimum Gasteiger partial charge on any atom is -0.258 e. The van der Waals surface area contributed by atoms with Crippen LogP contribution in [0, 0.1) is 10.1 Å². The van der Waals surface area contributed by atoms with Gasteiger partial charge in [-0.25, -0.2) is 0 Å². The number of rotatable bonds is 6. The van der Waals surface area contributed by atoms with Crippen molar-refractivity contribution >= 4 is 40.2 Å². The Hall–Kier alpha value is -3.39. The molecule has 0 aliphatic carbocycles. The van der Waals surface area contributed by atoms with E-state index in [1.165, 1.54) is 6.07 Å². The number of azo groups is 2. The van der Waals surface area contributed by atoms with E-state index >= 15 is 0 Å². The number of nitro groups is 1. The van der Waals surface area contributed by atoms with E-state index in [2.05, 4.69) is 20.5 Å². The Morgan fingerprint density at radius 3 is 2.04 bits per heavy atom. The molecule has 0 atom stereocenters. The van der Waals surface area contributed by atoms with Crippen LogP contribution >= 0.6 is 11.8 Å². The average Bonchev–Trinajstić information content (AvgIpc) is 2.71. The normalized spacial score (nSPS) is 11.3. The third-order valence-electron chi connectivity index (χ3n) is 3.55. The molecule has 0 amide bonds. The first kappa shape index (κ1) is 18.4. The molecule has 0 fully saturated rings. The average molecular weight is 377 g/mol. The van der Waals surface area contributed by atoms with E-state index in [0.717, 1.165) is 10.6 Å². The maximum Gasteiger partial charge on any atom is 0.296 e. The van der Waals surface area contributed by atoms with Gasteiger partial charge in [0.1, 0.15) is 11.4 Å². The molecule has 0 bridgehead atoms. The van der Waals surface area contributed by atoms with E-state index in [0.29, 0.717) is 11.4 Å². The zero-order chi connectivity index (χ0) is 19.1. The van der Waals surface area contributed by atoms with Crippen molar-refractivity contribution in [3.8, 4) is 0 Å². The van der Waals surface area contributed by atoms with Gasteiger partial charge < -0.3 is 0 Å². The smallest absolute Gasteiger partial charge is 0.258 e. The summed E-state index contributed by atoms with van der Waals surface area (Å²) < 4.78 is 0. The fourth-order valence-corrected chi connectivity index (χ4v) is 2.68. The van der Waals surface area contributed by atoms with Crippen LogP contribution in [0.15, 0.2) is 98.1 Å². The molecule has 0 aliphatic rings. The van der Waals surface area contributed by atoms with Gasteiger partial charge in [0.25, 0.3) is 5.69 Å². The van der Waals surface area contributed by atoms with Crippen molar-refractivity contribution in [2.24, 2.45) is 20.5 Å². The molecule has 0 saturated carbocycles. The van der Waals surface area contributed by atoms with Crippen LogP contribution in [-0.4, -0.2) is 11.2 Å². The number of thioether (sulfide) groups is 1. The van der Waals surface area contributed by atoms with Crippen molar-refractivity contribution in [1.29, 1.82) is 0 Å². The van der Waals surface area contributed by atoms with Crippen molar-refractivity contribution < 1.29 is 4.92 Å². The zero-order valence-corrected chi connectivity index (χ0v) is 15.2. The molecule has 3 aromatic carbocycles. The van der Waals surface area contributed by atoms with Gasteiger partial charge in [0.05, 0.1) is 10.6 Å². The highest BCUT2D eigenvalue weighted by Crippen LogP contribution is 2.33. The topological polar surface area (TPSA) is 92.6 Å². The first-order chi connectivity index (χ1) is 13.2. The van der Waals surface area contributed by atoms with E-state index in [4.69, 9.17) is 0 Å². The third-order valence-corrected chi connectivity index (χ3v) is 4.28. The van der Waals surface area contributed by atoms with E-state index < -0.39 is 4.92 Å². The Morgan fingerprint density at radius 1 is 0.778 bits per heavy atom. The summed E-state index contributed by atoms with van der Waals surface area (Å²) in [6.45, 7) is 0. The number of para-hydroxylation sites is 1. The summed E-state index contributed by atoms with van der Waals surface area (Å²) in [6, 6.07) is 21.0. The Bertz CT molecular complexity index is 1020. The predicted octanol–water partition coefficient (Wildman–Crippen LogP) is 7.15. The molecule has 8 heteroatoms. The van der Waals surface area contributed by atoms with Gasteiger partial charge in [-0.3, -0.25) is 10.1 Å². The van der Waals surface area contributed by atoms with Gasteiger partial charge in [-0.15, -0.1) is 27.1 Å². The highest BCUT2D eigenvalue weighted by molar-refractivity contribution is 7.98. The van der Waals surface area contributed by atoms with Crippen LogP contribution in [0.1, 0.15) is 0 Å². The summed E-state index contributed by atoms with van der Waals surface area (Å²) in [5, 5.41) is 27.7. The van der Waals surface area contributed by atoms with Crippen molar-refractivity contribution in [2.45, 2.75) is 4.90 Å². The molecule has 0 heterocycles. The van der Waals surface area contributed by atoms with E-state index in [-0.39, 0.29) is 11.4 Å². The van der Waals surface area contributed by atoms with Crippen molar-refractivity contribution in [3.63, 3.8) is 0 Å². The van der Waals surface area contributed by atoms with Gasteiger partial charge in [0, 0.05) is 11.0 Å². The summed E-state index contributed by atoms with van der Waals surface area (Å²) >= 11 is 1.63. The molecular weight excluding hydrogens is 362 g/mol. The molecule has 7 nitrogen and oxygen atoms in total. The Balaban J connectivity index is 1.88. The fourth-order valence-electron chi connectivity index (χ4n) is 2.23. The predicted molar refractivity (Wildman–Crippen MR) is 106 cm³/mol. The first-order valence-electron chi connectivity index (χ1n) is 7.97. The van der Waals surface area contributed by atoms with E-state index in [9.17, 15) is 10.1 Å². The van der Waals surface area contributed by atoms with Crippen LogP contribution in [0.3, 0.4) is 0 Å². The fraction of sp³-hybridized carbons (Fsp3) is 0.0526. The van der Waals surface area contributed by atoms with E-state index in [1.54, 1.807) is 48.2 Å². The summed E-state index contributed by atoms with van der Waals surface area (Å²) in [7, 11) is 0. The molecule has 0 spiro atoms. The largest absolute Gasteiger partial charge is 0.296 e. The lowest BCUT2D eigenvalue weighted by Gasteiger charge is -2.00. The number of hydrogen-bond acceptors (Lipinski definition) is 7. The van der Waals surface area contributed by atoms with Crippen LogP contribution in [0.25, 0.3) is 0 Å². The summed E-state index contributed by atoms with van der Waals surface area (Å²) in [5.41, 5.74) is 1.80. The van der Waals surface area contributed by atoms with Gasteiger partial charge in [-0.05, 0) is 42.7 Å². The van der Waals surface area contributed by atoms with Crippen molar-refractivity contribution in [1.82, 2.24) is 0 Å². The van der Waals surface area contributed by atoms with Gasteiger partial charge in [0.15, 0.2) is 5.69 Å². The van der Waals surface area contributed by atoms with Gasteiger partial charge in [-0.2, -0.15) is 5.11 Å². The van der Waals surface area contributed by atoms with Crippen LogP contribution in [0.2, 0.25) is 0 Å². The monoisotopic (exact) mass is 377 g/mol. The standard InChI is InChI=1S/C19H15N5O2S/c1-27-15-8-6-7-14(13-15)20-21-16-9-2-3-10-17(16)22-23-18-11-4-5-12-19(18)24(25)26/h2-13H,1H3. The molecule has 0 N–H and O–H groups in total. The SMILES string of the molecule is CSc1cccc(N=Nc2ccccc2N=Nc2ccccc2[N+](=O)[O-])c1. The lowest BCUT2D eigenvalue weighted by molar-refractivity contribution is -0.384. The molecular formula is C19H15N5O2S. The Labute approximate surface area is 160 Å². The lowest BCUT2D eigenvalue weighted by Crippen LogP contribution is -1.86. The van der Waals surface area contributed by atoms with Gasteiger partial charge in [-0.1, -0.05) is 30.3 Å². The summed E-state index contributed by atoms with van der Waals surface area (Å²) in [4.78, 5) is 11.7. The van der Waals surface area contributed by atoms with Crippen LogP contribution < -0.4 is 0 Å². The highest BCUT2D eigenvalue weighted by atomic mass is 32.2. The second-order valence-electron chi connectivity index (χ2n) is 5.34. The highest BCUT2D eigenvalue weighted by Gasteiger charge is 2.11. The molecule has 3 rings (SSSR count). The molecule has 0 aromatic heterocycles. The van der Waals surface area contributed by atoms with Gasteiger partial charge >= 0.3 is 0 Å². The van der Waals surface area contributed by atoms with E-state index in [1.807, 2.05) is 36.6 Å². The van der Waals surface area contributed by atoms with Crippen LogP contribution in [-0.2, 0) is 0 Å². The molecule has 3 aromatic rings. The second kappa shape index (κ2) is 8.81. The number of hydrogen-bond donors (Lipinski definition) is 0. The molecule has 134 valence electrons. The minimum absolute atomic E-state index is 0.103. The maximum atomic E-state index is 11.1.